The number of ether oxygens (including phenoxy) is 1. The Morgan fingerprint density at radius 2 is 1.83 bits per heavy atom. The Balaban J connectivity index is 3.65. The standard InChI is InChI=1S/C6H10O6/c1-4(7)12-5(8)2-3-6(9,10)11/h9-11H,2-3H2,1H3. The predicted octanol–water partition coefficient (Wildman–Crippen LogP) is -1.51. The van der Waals surface area contributed by atoms with Gasteiger partial charge in [-0.15, -0.1) is 0 Å². The summed E-state index contributed by atoms with van der Waals surface area (Å²) in [5.41, 5.74) is 0. The first kappa shape index (κ1) is 11.0. The molecule has 0 aliphatic rings. The first-order valence-electron chi connectivity index (χ1n) is 3.19. The number of hydrogen-bond donors (Lipinski definition) is 3. The van der Waals surface area contributed by atoms with Crippen molar-refractivity contribution in [1.29, 1.82) is 0 Å². The second kappa shape index (κ2) is 4.15. The van der Waals surface area contributed by atoms with Crippen LogP contribution in [0.1, 0.15) is 19.8 Å². The molecule has 70 valence electrons. The van der Waals surface area contributed by atoms with Crippen molar-refractivity contribution in [2.45, 2.75) is 25.7 Å². The third-order valence-corrected chi connectivity index (χ3v) is 0.922. The molecule has 6 nitrogen and oxygen atoms in total. The molecule has 0 rings (SSSR count). The maximum absolute atomic E-state index is 10.5. The van der Waals surface area contributed by atoms with Gasteiger partial charge in [-0.2, -0.15) is 0 Å². The van der Waals surface area contributed by atoms with Gasteiger partial charge in [0.1, 0.15) is 0 Å². The van der Waals surface area contributed by atoms with E-state index >= 15 is 0 Å². The van der Waals surface area contributed by atoms with Crippen molar-refractivity contribution >= 4 is 11.9 Å². The number of esters is 2. The molecule has 0 heterocycles. The summed E-state index contributed by atoms with van der Waals surface area (Å²) in [6.07, 6.45) is -1.04. The van der Waals surface area contributed by atoms with Crippen molar-refractivity contribution in [3.8, 4) is 0 Å². The van der Waals surface area contributed by atoms with Crippen LogP contribution in [-0.2, 0) is 14.3 Å². The number of aliphatic hydroxyl groups is 3. The van der Waals surface area contributed by atoms with Crippen LogP contribution < -0.4 is 0 Å². The van der Waals surface area contributed by atoms with Crippen molar-refractivity contribution in [1.82, 2.24) is 0 Å². The maximum Gasteiger partial charge on any atom is 0.313 e. The summed E-state index contributed by atoms with van der Waals surface area (Å²) in [7, 11) is 0. The van der Waals surface area contributed by atoms with E-state index in [1.54, 1.807) is 0 Å². The molecule has 0 aliphatic carbocycles. The lowest BCUT2D eigenvalue weighted by Gasteiger charge is -2.11. The highest BCUT2D eigenvalue weighted by Gasteiger charge is 2.20. The van der Waals surface area contributed by atoms with Gasteiger partial charge in [-0.05, 0) is 0 Å². The number of carbonyl (C=O) groups excluding carboxylic acids is 2. The molecule has 0 aromatic carbocycles. The highest BCUT2D eigenvalue weighted by atomic mass is 16.7. The van der Waals surface area contributed by atoms with Crippen LogP contribution >= 0.6 is 0 Å². The van der Waals surface area contributed by atoms with Crippen LogP contribution in [0.3, 0.4) is 0 Å². The zero-order valence-electron chi connectivity index (χ0n) is 6.48. The molecule has 12 heavy (non-hydrogen) atoms. The number of rotatable bonds is 3. The average molecular weight is 178 g/mol. The molecule has 0 bridgehead atoms. The molecule has 0 fully saturated rings. The highest BCUT2D eigenvalue weighted by molar-refractivity contribution is 5.83. The van der Waals surface area contributed by atoms with Crippen LogP contribution in [0.15, 0.2) is 0 Å². The Bertz CT molecular complexity index is 179. The van der Waals surface area contributed by atoms with Crippen LogP contribution in [0.2, 0.25) is 0 Å². The molecule has 3 N–H and O–H groups in total. The van der Waals surface area contributed by atoms with E-state index in [1.165, 1.54) is 0 Å². The summed E-state index contributed by atoms with van der Waals surface area (Å²) >= 11 is 0. The van der Waals surface area contributed by atoms with E-state index in [9.17, 15) is 9.59 Å². The Kier molecular flexibility index (Phi) is 3.81. The largest absolute Gasteiger partial charge is 0.393 e. The van der Waals surface area contributed by atoms with Crippen molar-refractivity contribution < 1.29 is 29.6 Å². The smallest absolute Gasteiger partial charge is 0.313 e. The lowest BCUT2D eigenvalue weighted by Crippen LogP contribution is -2.28. The highest BCUT2D eigenvalue weighted by Crippen LogP contribution is 2.04. The van der Waals surface area contributed by atoms with Crippen LogP contribution in [-0.4, -0.2) is 33.2 Å². The molecule has 0 spiro atoms. The minimum absolute atomic E-state index is 0.441. The summed E-state index contributed by atoms with van der Waals surface area (Å²) in [6, 6.07) is 0. The molecule has 0 aromatic rings. The number of hydrogen-bond acceptors (Lipinski definition) is 6. The summed E-state index contributed by atoms with van der Waals surface area (Å²) < 4.78 is 4.03. The van der Waals surface area contributed by atoms with Crippen LogP contribution in [0, 0.1) is 0 Å². The monoisotopic (exact) mass is 178 g/mol. The summed E-state index contributed by atoms with van der Waals surface area (Å²) in [4.78, 5) is 20.7. The second-order valence-corrected chi connectivity index (χ2v) is 2.24. The van der Waals surface area contributed by atoms with Crippen molar-refractivity contribution in [3.05, 3.63) is 0 Å². The van der Waals surface area contributed by atoms with Gasteiger partial charge in [-0.1, -0.05) is 0 Å². The van der Waals surface area contributed by atoms with E-state index in [0.29, 0.717) is 0 Å². The zero-order valence-corrected chi connectivity index (χ0v) is 6.48. The van der Waals surface area contributed by atoms with E-state index in [1.807, 2.05) is 0 Å². The van der Waals surface area contributed by atoms with Crippen molar-refractivity contribution in [2.75, 3.05) is 0 Å². The van der Waals surface area contributed by atoms with Gasteiger partial charge in [-0.25, -0.2) is 0 Å². The summed E-state index contributed by atoms with van der Waals surface area (Å²) in [6.45, 7) is 1.04. The Morgan fingerprint density at radius 1 is 1.33 bits per heavy atom. The Labute approximate surface area is 68.4 Å². The molecule has 0 atom stereocenters. The lowest BCUT2D eigenvalue weighted by molar-refractivity contribution is -0.314. The molecule has 0 aromatic heterocycles. The van der Waals surface area contributed by atoms with Gasteiger partial charge in [0.2, 0.25) is 0 Å². The first-order valence-corrected chi connectivity index (χ1v) is 3.19. The van der Waals surface area contributed by atoms with Gasteiger partial charge < -0.3 is 20.1 Å². The summed E-state index contributed by atoms with van der Waals surface area (Å²) in [5, 5.41) is 25.0. The topological polar surface area (TPSA) is 104 Å². The normalized spacial score (nSPS) is 11.0. The molecule has 0 aliphatic heterocycles. The SMILES string of the molecule is CC(=O)OC(=O)CCC(O)(O)O. The maximum atomic E-state index is 10.5. The van der Waals surface area contributed by atoms with Crippen molar-refractivity contribution in [3.63, 3.8) is 0 Å². The molecule has 0 radical (unpaired) electrons. The van der Waals surface area contributed by atoms with E-state index in [4.69, 9.17) is 15.3 Å². The first-order chi connectivity index (χ1) is 5.31. The van der Waals surface area contributed by atoms with Gasteiger partial charge >= 0.3 is 11.9 Å². The van der Waals surface area contributed by atoms with Crippen LogP contribution in [0.25, 0.3) is 0 Å². The zero-order chi connectivity index (χ0) is 9.78. The predicted molar refractivity (Wildman–Crippen MR) is 35.4 cm³/mol. The van der Waals surface area contributed by atoms with Gasteiger partial charge in [-0.3, -0.25) is 9.59 Å². The minimum Gasteiger partial charge on any atom is -0.393 e. The van der Waals surface area contributed by atoms with E-state index in [2.05, 4.69) is 4.74 Å². The van der Waals surface area contributed by atoms with Gasteiger partial charge in [0.15, 0.2) is 0 Å². The third kappa shape index (κ3) is 7.13. The van der Waals surface area contributed by atoms with Crippen LogP contribution in [0.4, 0.5) is 0 Å². The molecule has 6 heteroatoms. The van der Waals surface area contributed by atoms with Gasteiger partial charge in [0.25, 0.3) is 5.97 Å². The Hall–Kier alpha value is -0.980. The molecule has 0 saturated heterocycles. The van der Waals surface area contributed by atoms with Gasteiger partial charge in [0.05, 0.1) is 6.42 Å². The second-order valence-electron chi connectivity index (χ2n) is 2.24. The summed E-state index contributed by atoms with van der Waals surface area (Å²) in [5.74, 6) is -4.58. The average Bonchev–Trinajstić information content (AvgIpc) is 1.80. The molecular formula is C6H10O6. The number of carbonyl (C=O) groups is 2. The van der Waals surface area contributed by atoms with E-state index in [0.717, 1.165) is 6.92 Å². The Morgan fingerprint density at radius 3 is 2.17 bits per heavy atom. The molecule has 0 unspecified atom stereocenters. The molecular weight excluding hydrogens is 168 g/mol. The molecule has 0 amide bonds. The lowest BCUT2D eigenvalue weighted by atomic mass is 10.3. The fraction of sp³-hybridized carbons (Fsp3) is 0.667. The third-order valence-electron chi connectivity index (χ3n) is 0.922. The fourth-order valence-corrected chi connectivity index (χ4v) is 0.481. The minimum atomic E-state index is -2.89. The van der Waals surface area contributed by atoms with E-state index < -0.39 is 30.8 Å². The van der Waals surface area contributed by atoms with Crippen LogP contribution in [0.5, 0.6) is 0 Å². The quantitative estimate of drug-likeness (QED) is 0.275. The van der Waals surface area contributed by atoms with Gasteiger partial charge in [0, 0.05) is 13.3 Å². The fourth-order valence-electron chi connectivity index (χ4n) is 0.481. The van der Waals surface area contributed by atoms with E-state index in [-0.39, 0.29) is 0 Å². The molecule has 0 saturated carbocycles. The van der Waals surface area contributed by atoms with Crippen molar-refractivity contribution in [2.24, 2.45) is 0 Å².